The van der Waals surface area contributed by atoms with Crippen LogP contribution in [0, 0.1) is 0 Å². The van der Waals surface area contributed by atoms with E-state index in [0.29, 0.717) is 23.8 Å². The summed E-state index contributed by atoms with van der Waals surface area (Å²) in [5, 5.41) is 13.3. The Bertz CT molecular complexity index is 1050. The van der Waals surface area contributed by atoms with Crippen molar-refractivity contribution in [3.05, 3.63) is 60.1 Å². The standard InChI is InChI=1S/C18H17N7O2S/c1-25-15(9-16-21-17(24-27-16)14-10-19-7-8-20-14)22-23-18(25)28-11-12-3-5-13(26-2)6-4-12/h3-8,10H,9,11H2,1-2H3. The molecule has 0 saturated carbocycles. The molecule has 0 spiro atoms. The van der Waals surface area contributed by atoms with E-state index in [-0.39, 0.29) is 0 Å². The molecule has 4 aromatic rings. The molecule has 0 aliphatic carbocycles. The maximum absolute atomic E-state index is 5.31. The summed E-state index contributed by atoms with van der Waals surface area (Å²) in [5.74, 6) is 3.22. The third-order valence-corrected chi connectivity index (χ3v) is 5.11. The fraction of sp³-hybridized carbons (Fsp3) is 0.222. The monoisotopic (exact) mass is 395 g/mol. The summed E-state index contributed by atoms with van der Waals surface area (Å²) in [6, 6.07) is 7.97. The molecule has 0 fully saturated rings. The zero-order chi connectivity index (χ0) is 19.3. The Labute approximate surface area is 165 Å². The molecule has 0 unspecified atom stereocenters. The van der Waals surface area contributed by atoms with Crippen molar-refractivity contribution in [3.63, 3.8) is 0 Å². The zero-order valence-corrected chi connectivity index (χ0v) is 16.1. The van der Waals surface area contributed by atoms with Gasteiger partial charge in [0.25, 0.3) is 0 Å². The van der Waals surface area contributed by atoms with Gasteiger partial charge >= 0.3 is 0 Å². The van der Waals surface area contributed by atoms with Crippen LogP contribution < -0.4 is 4.74 Å². The molecule has 0 amide bonds. The third-order valence-electron chi connectivity index (χ3n) is 4.02. The molecule has 0 N–H and O–H groups in total. The molecule has 0 aliphatic heterocycles. The minimum Gasteiger partial charge on any atom is -0.497 e. The van der Waals surface area contributed by atoms with Crippen molar-refractivity contribution in [3.8, 4) is 17.3 Å². The van der Waals surface area contributed by atoms with Crippen molar-refractivity contribution in [2.24, 2.45) is 7.05 Å². The zero-order valence-electron chi connectivity index (χ0n) is 15.3. The van der Waals surface area contributed by atoms with Gasteiger partial charge in [0.15, 0.2) is 5.16 Å². The van der Waals surface area contributed by atoms with Crippen LogP contribution in [-0.2, 0) is 19.2 Å². The summed E-state index contributed by atoms with van der Waals surface area (Å²) >= 11 is 1.61. The second-order valence-electron chi connectivity index (χ2n) is 5.87. The Balaban J connectivity index is 1.41. The van der Waals surface area contributed by atoms with Crippen molar-refractivity contribution in [2.45, 2.75) is 17.3 Å². The molecule has 0 radical (unpaired) electrons. The smallest absolute Gasteiger partial charge is 0.234 e. The van der Waals surface area contributed by atoms with Gasteiger partial charge in [-0.05, 0) is 17.7 Å². The Kier molecular flexibility index (Phi) is 5.29. The van der Waals surface area contributed by atoms with Gasteiger partial charge in [-0.3, -0.25) is 4.98 Å². The SMILES string of the molecule is COc1ccc(CSc2nnc(Cc3nc(-c4cnccn4)no3)n2C)cc1. The minimum absolute atomic E-state index is 0.389. The fourth-order valence-electron chi connectivity index (χ4n) is 2.47. The van der Waals surface area contributed by atoms with Crippen molar-refractivity contribution in [2.75, 3.05) is 7.11 Å². The van der Waals surface area contributed by atoms with Gasteiger partial charge in [-0.25, -0.2) is 4.98 Å². The molecule has 28 heavy (non-hydrogen) atoms. The maximum atomic E-state index is 5.31. The topological polar surface area (TPSA) is 105 Å². The molecule has 3 aromatic heterocycles. The number of thioether (sulfide) groups is 1. The predicted octanol–water partition coefficient (Wildman–Crippen LogP) is 2.55. The molecule has 10 heteroatoms. The van der Waals surface area contributed by atoms with Gasteiger partial charge in [-0.15, -0.1) is 10.2 Å². The van der Waals surface area contributed by atoms with E-state index in [4.69, 9.17) is 9.26 Å². The summed E-state index contributed by atoms with van der Waals surface area (Å²) in [6.45, 7) is 0. The van der Waals surface area contributed by atoms with Crippen LogP contribution in [0.3, 0.4) is 0 Å². The largest absolute Gasteiger partial charge is 0.497 e. The predicted molar refractivity (Wildman–Crippen MR) is 102 cm³/mol. The lowest BCUT2D eigenvalue weighted by Gasteiger charge is -2.04. The molecule has 9 nitrogen and oxygen atoms in total. The highest BCUT2D eigenvalue weighted by molar-refractivity contribution is 7.98. The first-order valence-corrected chi connectivity index (χ1v) is 9.44. The average Bonchev–Trinajstić information content (AvgIpc) is 3.35. The molecule has 0 aliphatic rings. The second kappa shape index (κ2) is 8.17. The van der Waals surface area contributed by atoms with Gasteiger partial charge in [0.05, 0.1) is 19.7 Å². The van der Waals surface area contributed by atoms with Gasteiger partial charge in [0.2, 0.25) is 11.7 Å². The molecular formula is C18H17N7O2S. The molecule has 0 atom stereocenters. The van der Waals surface area contributed by atoms with Crippen LogP contribution in [0.4, 0.5) is 0 Å². The second-order valence-corrected chi connectivity index (χ2v) is 6.82. The summed E-state index contributed by atoms with van der Waals surface area (Å²) in [4.78, 5) is 12.5. The summed E-state index contributed by atoms with van der Waals surface area (Å²) in [6.07, 6.45) is 5.15. The Morgan fingerprint density at radius 1 is 1.14 bits per heavy atom. The fourth-order valence-corrected chi connectivity index (χ4v) is 3.36. The molecule has 0 saturated heterocycles. The van der Waals surface area contributed by atoms with E-state index < -0.39 is 0 Å². The summed E-state index contributed by atoms with van der Waals surface area (Å²) in [5.41, 5.74) is 1.74. The molecule has 1 aromatic carbocycles. The van der Waals surface area contributed by atoms with Gasteiger partial charge in [-0.2, -0.15) is 4.98 Å². The van der Waals surface area contributed by atoms with Crippen LogP contribution in [0.2, 0.25) is 0 Å². The maximum Gasteiger partial charge on any atom is 0.234 e. The van der Waals surface area contributed by atoms with E-state index in [1.807, 2.05) is 35.9 Å². The highest BCUT2D eigenvalue weighted by atomic mass is 32.2. The molecule has 0 bridgehead atoms. The number of ether oxygens (including phenoxy) is 1. The Morgan fingerprint density at radius 3 is 2.75 bits per heavy atom. The van der Waals surface area contributed by atoms with E-state index in [9.17, 15) is 0 Å². The third kappa shape index (κ3) is 4.01. The van der Waals surface area contributed by atoms with E-state index in [0.717, 1.165) is 22.5 Å². The highest BCUT2D eigenvalue weighted by Gasteiger charge is 2.15. The minimum atomic E-state index is 0.389. The van der Waals surface area contributed by atoms with Crippen LogP contribution >= 0.6 is 11.8 Å². The number of rotatable bonds is 7. The number of nitrogens with zero attached hydrogens (tertiary/aromatic N) is 7. The van der Waals surface area contributed by atoms with Gasteiger partial charge in [0.1, 0.15) is 17.3 Å². The van der Waals surface area contributed by atoms with Crippen LogP contribution in [0.1, 0.15) is 17.3 Å². The number of hydrogen-bond acceptors (Lipinski definition) is 9. The lowest BCUT2D eigenvalue weighted by Crippen LogP contribution is -2.01. The molecule has 142 valence electrons. The normalized spacial score (nSPS) is 10.9. The number of benzene rings is 1. The Morgan fingerprint density at radius 2 is 2.00 bits per heavy atom. The van der Waals surface area contributed by atoms with E-state index in [1.54, 1.807) is 37.5 Å². The first kappa shape index (κ1) is 18.1. The van der Waals surface area contributed by atoms with Crippen LogP contribution in [0.15, 0.2) is 52.5 Å². The Hall–Kier alpha value is -3.27. The number of hydrogen-bond donors (Lipinski definition) is 0. The van der Waals surface area contributed by atoms with E-state index in [1.165, 1.54) is 5.56 Å². The molecular weight excluding hydrogens is 378 g/mol. The number of methoxy groups -OCH3 is 1. The number of aromatic nitrogens is 7. The van der Waals surface area contributed by atoms with Gasteiger partial charge in [0, 0.05) is 25.2 Å². The average molecular weight is 395 g/mol. The summed E-state index contributed by atoms with van der Waals surface area (Å²) < 4.78 is 12.4. The van der Waals surface area contributed by atoms with Crippen LogP contribution in [0.5, 0.6) is 5.75 Å². The molecule has 3 heterocycles. The van der Waals surface area contributed by atoms with E-state index in [2.05, 4.69) is 30.3 Å². The van der Waals surface area contributed by atoms with Crippen molar-refractivity contribution < 1.29 is 9.26 Å². The van der Waals surface area contributed by atoms with Crippen molar-refractivity contribution in [1.29, 1.82) is 0 Å². The first-order chi connectivity index (χ1) is 13.7. The van der Waals surface area contributed by atoms with Crippen LogP contribution in [-0.4, -0.2) is 42.0 Å². The van der Waals surface area contributed by atoms with Crippen molar-refractivity contribution in [1.82, 2.24) is 34.9 Å². The highest BCUT2D eigenvalue weighted by Crippen LogP contribution is 2.23. The molecule has 4 rings (SSSR count). The first-order valence-electron chi connectivity index (χ1n) is 8.46. The van der Waals surface area contributed by atoms with E-state index >= 15 is 0 Å². The van der Waals surface area contributed by atoms with Crippen LogP contribution in [0.25, 0.3) is 11.5 Å². The van der Waals surface area contributed by atoms with Gasteiger partial charge in [-0.1, -0.05) is 29.1 Å². The lowest BCUT2D eigenvalue weighted by atomic mass is 10.2. The summed E-state index contributed by atoms with van der Waals surface area (Å²) in [7, 11) is 3.58. The van der Waals surface area contributed by atoms with Crippen molar-refractivity contribution >= 4 is 11.8 Å². The van der Waals surface area contributed by atoms with Gasteiger partial charge < -0.3 is 13.8 Å². The quantitative estimate of drug-likeness (QED) is 0.436. The lowest BCUT2D eigenvalue weighted by molar-refractivity contribution is 0.382.